The van der Waals surface area contributed by atoms with Crippen molar-refractivity contribution in [1.29, 1.82) is 0 Å². The summed E-state index contributed by atoms with van der Waals surface area (Å²) in [6, 6.07) is 8.17. The minimum atomic E-state index is -3.65. The maximum Gasteiger partial charge on any atom is 0.253 e. The van der Waals surface area contributed by atoms with Crippen LogP contribution in [0.5, 0.6) is 0 Å². The summed E-state index contributed by atoms with van der Waals surface area (Å²) in [5.41, 5.74) is 1.56. The van der Waals surface area contributed by atoms with Gasteiger partial charge in [0.25, 0.3) is 10.0 Å². The molecule has 1 aliphatic rings. The number of carbonyl (C=O) groups is 1. The van der Waals surface area contributed by atoms with E-state index in [9.17, 15) is 13.2 Å². The Balaban J connectivity index is 1.58. The van der Waals surface area contributed by atoms with Crippen molar-refractivity contribution in [3.8, 4) is 0 Å². The number of hydrogen-bond acceptors (Lipinski definition) is 6. The molecule has 0 unspecified atom stereocenters. The first kappa shape index (κ1) is 18.5. The lowest BCUT2D eigenvalue weighted by atomic mass is 10.0. The maximum absolute atomic E-state index is 12.9. The fourth-order valence-electron chi connectivity index (χ4n) is 3.32. The first-order chi connectivity index (χ1) is 12.9. The van der Waals surface area contributed by atoms with Crippen molar-refractivity contribution in [2.75, 3.05) is 11.9 Å². The molecule has 9 heteroatoms. The van der Waals surface area contributed by atoms with E-state index in [0.717, 1.165) is 28.1 Å². The third-order valence-corrected chi connectivity index (χ3v) is 8.79. The number of nitrogens with one attached hydrogen (secondary N) is 1. The van der Waals surface area contributed by atoms with Gasteiger partial charge in [-0.1, -0.05) is 12.5 Å². The number of piperidine rings is 1. The Morgan fingerprint density at radius 1 is 1.30 bits per heavy atom. The van der Waals surface area contributed by atoms with Gasteiger partial charge in [0, 0.05) is 12.2 Å². The van der Waals surface area contributed by atoms with Crippen molar-refractivity contribution in [3.05, 3.63) is 40.7 Å². The molecule has 1 aliphatic heterocycles. The third kappa shape index (κ3) is 3.64. The number of nitrogens with zero attached hydrogens (tertiary/aromatic N) is 2. The highest BCUT2D eigenvalue weighted by Gasteiger charge is 2.38. The smallest absolute Gasteiger partial charge is 0.253 e. The molecule has 0 spiro atoms. The van der Waals surface area contributed by atoms with Gasteiger partial charge in [0.2, 0.25) is 5.91 Å². The fourth-order valence-corrected chi connectivity index (χ4v) is 6.97. The number of hydrogen-bond donors (Lipinski definition) is 1. The highest BCUT2D eigenvalue weighted by atomic mass is 32.2. The average Bonchev–Trinajstić information content (AvgIpc) is 3.30. The van der Waals surface area contributed by atoms with Gasteiger partial charge in [-0.05, 0) is 49.4 Å². The third-order valence-electron chi connectivity index (χ3n) is 4.58. The van der Waals surface area contributed by atoms with E-state index in [-0.39, 0.29) is 10.1 Å². The molecule has 0 bridgehead atoms. The van der Waals surface area contributed by atoms with Crippen LogP contribution in [-0.4, -0.2) is 36.2 Å². The molecule has 1 atom stereocenters. The summed E-state index contributed by atoms with van der Waals surface area (Å²) >= 11 is 2.74. The van der Waals surface area contributed by atoms with E-state index in [4.69, 9.17) is 0 Å². The standard InChI is InChI=1S/C18H19N3O3S3/c1-12-19-14-8-7-13(11-16(14)26-12)20-18(22)15-5-2-3-9-21(15)27(23,24)17-6-4-10-25-17/h4,6-8,10-11,15H,2-3,5,9H2,1H3,(H,20,22)/t15-/m0/s1. The summed E-state index contributed by atoms with van der Waals surface area (Å²) in [5, 5.41) is 5.60. The zero-order valence-electron chi connectivity index (χ0n) is 14.7. The molecular weight excluding hydrogens is 402 g/mol. The predicted molar refractivity (Wildman–Crippen MR) is 109 cm³/mol. The number of rotatable bonds is 4. The van der Waals surface area contributed by atoms with Gasteiger partial charge in [0.15, 0.2) is 0 Å². The molecule has 3 aromatic rings. The van der Waals surface area contributed by atoms with Gasteiger partial charge in [-0.25, -0.2) is 13.4 Å². The molecule has 1 amide bonds. The van der Waals surface area contributed by atoms with Crippen LogP contribution in [0.25, 0.3) is 10.2 Å². The maximum atomic E-state index is 12.9. The molecule has 1 N–H and O–H groups in total. The number of aryl methyl sites for hydroxylation is 1. The van der Waals surface area contributed by atoms with Gasteiger partial charge in [-0.15, -0.1) is 22.7 Å². The first-order valence-corrected chi connectivity index (χ1v) is 11.8. The van der Waals surface area contributed by atoms with E-state index >= 15 is 0 Å². The van der Waals surface area contributed by atoms with Gasteiger partial charge in [-0.2, -0.15) is 4.31 Å². The van der Waals surface area contributed by atoms with Crippen molar-refractivity contribution in [2.45, 2.75) is 36.4 Å². The van der Waals surface area contributed by atoms with E-state index in [1.54, 1.807) is 34.9 Å². The van der Waals surface area contributed by atoms with Gasteiger partial charge in [0.05, 0.1) is 15.2 Å². The monoisotopic (exact) mass is 421 g/mol. The number of benzene rings is 1. The van der Waals surface area contributed by atoms with E-state index in [1.807, 2.05) is 19.1 Å². The van der Waals surface area contributed by atoms with Crippen LogP contribution >= 0.6 is 22.7 Å². The summed E-state index contributed by atoms with van der Waals surface area (Å²) in [4.78, 5) is 17.3. The first-order valence-electron chi connectivity index (χ1n) is 8.68. The number of amides is 1. The Kier molecular flexibility index (Phi) is 5.02. The number of thiazole rings is 1. The summed E-state index contributed by atoms with van der Waals surface area (Å²) in [7, 11) is -3.65. The van der Waals surface area contributed by atoms with E-state index in [1.165, 1.54) is 15.6 Å². The van der Waals surface area contributed by atoms with Gasteiger partial charge in [-0.3, -0.25) is 4.79 Å². The summed E-state index contributed by atoms with van der Waals surface area (Å²) in [6.45, 7) is 2.31. The lowest BCUT2D eigenvalue weighted by Gasteiger charge is -2.33. The summed E-state index contributed by atoms with van der Waals surface area (Å²) in [6.07, 6.45) is 2.13. The molecule has 3 heterocycles. The largest absolute Gasteiger partial charge is 0.325 e. The van der Waals surface area contributed by atoms with Crippen LogP contribution in [-0.2, 0) is 14.8 Å². The van der Waals surface area contributed by atoms with Crippen molar-refractivity contribution in [2.24, 2.45) is 0 Å². The second-order valence-corrected chi connectivity index (χ2v) is 10.8. The zero-order valence-corrected chi connectivity index (χ0v) is 17.2. The molecule has 0 aliphatic carbocycles. The Morgan fingerprint density at radius 2 is 2.15 bits per heavy atom. The number of aromatic nitrogens is 1. The number of fused-ring (bicyclic) bond motifs is 1. The normalized spacial score (nSPS) is 18.6. The van der Waals surface area contributed by atoms with Crippen molar-refractivity contribution < 1.29 is 13.2 Å². The Labute approximate surface area is 165 Å². The second kappa shape index (κ2) is 7.31. The number of anilines is 1. The quantitative estimate of drug-likeness (QED) is 0.694. The van der Waals surface area contributed by atoms with Crippen LogP contribution in [0.2, 0.25) is 0 Å². The highest BCUT2D eigenvalue weighted by Crippen LogP contribution is 2.29. The minimum absolute atomic E-state index is 0.281. The lowest BCUT2D eigenvalue weighted by molar-refractivity contribution is -0.120. The molecule has 1 fully saturated rings. The minimum Gasteiger partial charge on any atom is -0.325 e. The van der Waals surface area contributed by atoms with Crippen molar-refractivity contribution >= 4 is 54.5 Å². The van der Waals surface area contributed by atoms with Crippen molar-refractivity contribution in [1.82, 2.24) is 9.29 Å². The number of carbonyl (C=O) groups excluding carboxylic acids is 1. The molecule has 2 aromatic heterocycles. The summed E-state index contributed by atoms with van der Waals surface area (Å²) < 4.78 is 28.5. The molecule has 1 aromatic carbocycles. The topological polar surface area (TPSA) is 79.4 Å². The Bertz CT molecular complexity index is 1070. The van der Waals surface area contributed by atoms with Crippen LogP contribution in [0, 0.1) is 6.92 Å². The Morgan fingerprint density at radius 3 is 2.93 bits per heavy atom. The average molecular weight is 422 g/mol. The molecular formula is C18H19N3O3S3. The zero-order chi connectivity index (χ0) is 19.0. The molecule has 0 saturated carbocycles. The fraction of sp³-hybridized carbons (Fsp3) is 0.333. The van der Waals surface area contributed by atoms with E-state index < -0.39 is 16.1 Å². The number of thiophene rings is 1. The van der Waals surface area contributed by atoms with Gasteiger partial charge < -0.3 is 5.32 Å². The molecule has 27 heavy (non-hydrogen) atoms. The predicted octanol–water partition coefficient (Wildman–Crippen LogP) is 3.85. The van der Waals surface area contributed by atoms with Crippen LogP contribution in [0.4, 0.5) is 5.69 Å². The lowest BCUT2D eigenvalue weighted by Crippen LogP contribution is -2.49. The Hall–Kier alpha value is -1.81. The van der Waals surface area contributed by atoms with E-state index in [0.29, 0.717) is 18.7 Å². The molecule has 4 rings (SSSR count). The van der Waals surface area contributed by atoms with Crippen molar-refractivity contribution in [3.63, 3.8) is 0 Å². The van der Waals surface area contributed by atoms with Crippen LogP contribution in [0.1, 0.15) is 24.3 Å². The van der Waals surface area contributed by atoms with Crippen LogP contribution < -0.4 is 5.32 Å². The van der Waals surface area contributed by atoms with Crippen LogP contribution in [0.15, 0.2) is 39.9 Å². The number of sulfonamides is 1. The van der Waals surface area contributed by atoms with E-state index in [2.05, 4.69) is 10.3 Å². The molecule has 6 nitrogen and oxygen atoms in total. The molecule has 1 saturated heterocycles. The highest BCUT2D eigenvalue weighted by molar-refractivity contribution is 7.91. The SMILES string of the molecule is Cc1nc2ccc(NC(=O)[C@@H]3CCCCN3S(=O)(=O)c3cccs3)cc2s1. The molecule has 0 radical (unpaired) electrons. The molecule has 142 valence electrons. The van der Waals surface area contributed by atoms with Gasteiger partial charge in [0.1, 0.15) is 10.3 Å². The summed E-state index contributed by atoms with van der Waals surface area (Å²) in [5.74, 6) is -0.282. The van der Waals surface area contributed by atoms with Gasteiger partial charge >= 0.3 is 0 Å². The second-order valence-electron chi connectivity index (χ2n) is 6.46. The van der Waals surface area contributed by atoms with Crippen LogP contribution in [0.3, 0.4) is 0 Å².